The Kier molecular flexibility index (Phi) is 8.29. The van der Waals surface area contributed by atoms with E-state index in [0.29, 0.717) is 25.0 Å². The predicted octanol–water partition coefficient (Wildman–Crippen LogP) is 4.67. The fourth-order valence-electron chi connectivity index (χ4n) is 5.27. The maximum absolute atomic E-state index is 14.1. The van der Waals surface area contributed by atoms with Crippen LogP contribution in [0.25, 0.3) is 0 Å². The molecule has 1 aliphatic heterocycles. The largest absolute Gasteiger partial charge is 0.488 e. The van der Waals surface area contributed by atoms with Crippen LogP contribution in [0, 0.1) is 6.92 Å². The molecule has 3 aromatic rings. The van der Waals surface area contributed by atoms with E-state index >= 15 is 0 Å². The summed E-state index contributed by atoms with van der Waals surface area (Å²) in [6, 6.07) is 22.4. The van der Waals surface area contributed by atoms with Gasteiger partial charge in [0.15, 0.2) is 6.10 Å². The summed E-state index contributed by atoms with van der Waals surface area (Å²) in [7, 11) is 0. The summed E-state index contributed by atoms with van der Waals surface area (Å²) in [6.45, 7) is 4.61. The van der Waals surface area contributed by atoms with Crippen LogP contribution in [0.5, 0.6) is 5.75 Å². The number of esters is 1. The Morgan fingerprint density at radius 3 is 2.36 bits per heavy atom. The number of ether oxygens (including phenoxy) is 3. The predicted molar refractivity (Wildman–Crippen MR) is 146 cm³/mol. The SMILES string of the molecule is CCOC(=O)[C@@H]1Cc2c(ccc(C)c2OCc2ccccc2)CN1C(=O)C(OC1CC(O)C1)c1ccccc1. The van der Waals surface area contributed by atoms with Gasteiger partial charge in [-0.2, -0.15) is 0 Å². The van der Waals surface area contributed by atoms with Crippen LogP contribution in [0.1, 0.15) is 53.7 Å². The number of fused-ring (bicyclic) bond motifs is 1. The van der Waals surface area contributed by atoms with Gasteiger partial charge in [-0.3, -0.25) is 4.79 Å². The molecule has 1 unspecified atom stereocenters. The van der Waals surface area contributed by atoms with Crippen molar-refractivity contribution in [3.63, 3.8) is 0 Å². The summed E-state index contributed by atoms with van der Waals surface area (Å²) in [6.07, 6.45) is -0.248. The Bertz CT molecular complexity index is 1290. The number of aliphatic hydroxyl groups is 1. The van der Waals surface area contributed by atoms with Crippen LogP contribution in [0.15, 0.2) is 72.8 Å². The van der Waals surface area contributed by atoms with E-state index in [0.717, 1.165) is 28.0 Å². The zero-order valence-electron chi connectivity index (χ0n) is 22.4. The fourth-order valence-corrected chi connectivity index (χ4v) is 5.27. The molecule has 5 rings (SSSR count). The molecule has 7 heteroatoms. The van der Waals surface area contributed by atoms with Gasteiger partial charge in [0, 0.05) is 18.5 Å². The molecule has 1 saturated carbocycles. The Balaban J connectivity index is 1.46. The average molecular weight is 530 g/mol. The number of benzene rings is 3. The van der Waals surface area contributed by atoms with Gasteiger partial charge in [-0.1, -0.05) is 72.8 Å². The third-order valence-corrected chi connectivity index (χ3v) is 7.46. The molecular formula is C32H35NO6. The summed E-state index contributed by atoms with van der Waals surface area (Å²) >= 11 is 0. The van der Waals surface area contributed by atoms with E-state index in [4.69, 9.17) is 14.2 Å². The topological polar surface area (TPSA) is 85.3 Å². The Hall–Kier alpha value is -3.68. The highest BCUT2D eigenvalue weighted by Gasteiger charge is 2.42. The normalized spacial score (nSPS) is 20.9. The highest BCUT2D eigenvalue weighted by Crippen LogP contribution is 2.37. The molecule has 1 fully saturated rings. The highest BCUT2D eigenvalue weighted by atomic mass is 16.5. The van der Waals surface area contributed by atoms with Crippen molar-refractivity contribution in [2.24, 2.45) is 0 Å². The van der Waals surface area contributed by atoms with Gasteiger partial charge in [0.2, 0.25) is 0 Å². The Morgan fingerprint density at radius 2 is 1.69 bits per heavy atom. The molecule has 204 valence electrons. The van der Waals surface area contributed by atoms with Crippen LogP contribution in [-0.2, 0) is 38.6 Å². The van der Waals surface area contributed by atoms with E-state index in [-0.39, 0.29) is 31.6 Å². The van der Waals surface area contributed by atoms with E-state index in [1.165, 1.54) is 0 Å². The third-order valence-electron chi connectivity index (χ3n) is 7.46. The van der Waals surface area contributed by atoms with Crippen molar-refractivity contribution in [2.45, 2.75) is 70.6 Å². The molecule has 0 spiro atoms. The van der Waals surface area contributed by atoms with Gasteiger partial charge in [-0.15, -0.1) is 0 Å². The molecule has 1 N–H and O–H groups in total. The summed E-state index contributed by atoms with van der Waals surface area (Å²) in [4.78, 5) is 29.0. The monoisotopic (exact) mass is 529 g/mol. The van der Waals surface area contributed by atoms with Crippen molar-refractivity contribution in [3.05, 3.63) is 101 Å². The standard InChI is InChI=1S/C32H35NO6/c1-3-37-32(36)28-18-27-24(15-14-21(2)29(27)38-20-22-10-6-4-7-11-22)19-33(28)31(35)30(23-12-8-5-9-13-23)39-26-16-25(34)17-26/h4-15,25-26,28,30,34H,3,16-20H2,1-2H3/t25?,26?,28-,30?/m0/s1. The molecule has 7 nitrogen and oxygen atoms in total. The van der Waals surface area contributed by atoms with Gasteiger partial charge in [-0.05, 0) is 48.9 Å². The molecule has 1 heterocycles. The molecule has 1 amide bonds. The first-order chi connectivity index (χ1) is 18.9. The number of hydrogen-bond donors (Lipinski definition) is 1. The van der Waals surface area contributed by atoms with E-state index in [9.17, 15) is 14.7 Å². The van der Waals surface area contributed by atoms with E-state index < -0.39 is 24.2 Å². The van der Waals surface area contributed by atoms with E-state index in [1.807, 2.05) is 79.7 Å². The lowest BCUT2D eigenvalue weighted by atomic mass is 9.90. The second-order valence-electron chi connectivity index (χ2n) is 10.2. The van der Waals surface area contributed by atoms with Crippen molar-refractivity contribution < 1.29 is 28.9 Å². The van der Waals surface area contributed by atoms with Crippen LogP contribution in [0.3, 0.4) is 0 Å². The van der Waals surface area contributed by atoms with Gasteiger partial charge in [0.25, 0.3) is 5.91 Å². The molecule has 0 radical (unpaired) electrons. The quantitative estimate of drug-likeness (QED) is 0.406. The zero-order valence-corrected chi connectivity index (χ0v) is 22.4. The molecule has 3 aromatic carbocycles. The molecule has 39 heavy (non-hydrogen) atoms. The molecular weight excluding hydrogens is 494 g/mol. The van der Waals surface area contributed by atoms with Crippen molar-refractivity contribution in [1.29, 1.82) is 0 Å². The van der Waals surface area contributed by atoms with Crippen molar-refractivity contribution in [3.8, 4) is 5.75 Å². The summed E-state index contributed by atoms with van der Waals surface area (Å²) in [5.41, 5.74) is 4.60. The fraction of sp³-hybridized carbons (Fsp3) is 0.375. The van der Waals surface area contributed by atoms with E-state index in [1.54, 1.807) is 11.8 Å². The van der Waals surface area contributed by atoms with Crippen molar-refractivity contribution in [2.75, 3.05) is 6.61 Å². The van der Waals surface area contributed by atoms with Crippen LogP contribution in [0.2, 0.25) is 0 Å². The van der Waals surface area contributed by atoms with Crippen molar-refractivity contribution in [1.82, 2.24) is 4.90 Å². The minimum Gasteiger partial charge on any atom is -0.488 e. The van der Waals surface area contributed by atoms with Crippen LogP contribution in [0.4, 0.5) is 0 Å². The minimum atomic E-state index is -0.888. The minimum absolute atomic E-state index is 0.215. The highest BCUT2D eigenvalue weighted by molar-refractivity contribution is 5.89. The van der Waals surface area contributed by atoms with Gasteiger partial charge < -0.3 is 24.2 Å². The van der Waals surface area contributed by atoms with Crippen LogP contribution in [-0.4, -0.2) is 46.7 Å². The maximum atomic E-state index is 14.1. The molecule has 0 saturated heterocycles. The van der Waals surface area contributed by atoms with Crippen molar-refractivity contribution >= 4 is 11.9 Å². The number of aryl methyl sites for hydroxylation is 1. The third kappa shape index (κ3) is 6.00. The average Bonchev–Trinajstić information content (AvgIpc) is 2.94. The Labute approximate surface area is 229 Å². The molecule has 0 bridgehead atoms. The summed E-state index contributed by atoms with van der Waals surface area (Å²) in [5.74, 6) is 0.00795. The van der Waals surface area contributed by atoms with Crippen LogP contribution < -0.4 is 4.74 Å². The molecule has 2 aliphatic rings. The summed E-state index contributed by atoms with van der Waals surface area (Å²) < 4.78 is 18.0. The maximum Gasteiger partial charge on any atom is 0.329 e. The van der Waals surface area contributed by atoms with Gasteiger partial charge >= 0.3 is 5.97 Å². The molecule has 2 atom stereocenters. The molecule has 0 aromatic heterocycles. The first-order valence-electron chi connectivity index (χ1n) is 13.6. The number of rotatable bonds is 9. The smallest absolute Gasteiger partial charge is 0.329 e. The lowest BCUT2D eigenvalue weighted by Crippen LogP contribution is -2.52. The Morgan fingerprint density at radius 1 is 1.00 bits per heavy atom. The van der Waals surface area contributed by atoms with E-state index in [2.05, 4.69) is 0 Å². The van der Waals surface area contributed by atoms with Crippen LogP contribution >= 0.6 is 0 Å². The first kappa shape index (κ1) is 26.9. The second kappa shape index (κ2) is 12.0. The summed E-state index contributed by atoms with van der Waals surface area (Å²) in [5, 5.41) is 9.79. The second-order valence-corrected chi connectivity index (χ2v) is 10.2. The first-order valence-corrected chi connectivity index (χ1v) is 13.6. The number of aliphatic hydroxyl groups excluding tert-OH is 1. The number of carbonyl (C=O) groups is 2. The lowest BCUT2D eigenvalue weighted by molar-refractivity contribution is -0.168. The van der Waals surface area contributed by atoms with Gasteiger partial charge in [-0.25, -0.2) is 4.79 Å². The lowest BCUT2D eigenvalue weighted by Gasteiger charge is -2.40. The van der Waals surface area contributed by atoms with Gasteiger partial charge in [0.1, 0.15) is 18.4 Å². The number of carbonyl (C=O) groups excluding carboxylic acids is 2. The number of amides is 1. The zero-order chi connectivity index (χ0) is 27.4. The van der Waals surface area contributed by atoms with Gasteiger partial charge in [0.05, 0.1) is 18.8 Å². The number of nitrogens with zero attached hydrogens (tertiary/aromatic N) is 1. The molecule has 1 aliphatic carbocycles. The number of hydrogen-bond acceptors (Lipinski definition) is 6.